The Labute approximate surface area is 125 Å². The standard InChI is InChI=1S/C15H23N5O/c1-10-8-11(2)13(12(3)9-10)15(4,14(16)21)18-6-5-7-19-20-17/h8-9,18H,5-7H2,1-4H3,(H2,16,21). The second kappa shape index (κ2) is 7.11. The van der Waals surface area contributed by atoms with Gasteiger partial charge in [0.1, 0.15) is 5.54 Å². The van der Waals surface area contributed by atoms with Crippen molar-refractivity contribution in [3.05, 3.63) is 44.8 Å². The Kier molecular flexibility index (Phi) is 5.76. The van der Waals surface area contributed by atoms with Crippen LogP contribution in [-0.2, 0) is 10.3 Å². The highest BCUT2D eigenvalue weighted by atomic mass is 16.1. The van der Waals surface area contributed by atoms with Crippen LogP contribution in [0.25, 0.3) is 10.4 Å². The lowest BCUT2D eigenvalue weighted by Gasteiger charge is -2.31. The molecule has 1 rings (SSSR count). The number of nitrogens with zero attached hydrogens (tertiary/aromatic N) is 3. The second-order valence-electron chi connectivity index (χ2n) is 5.50. The summed E-state index contributed by atoms with van der Waals surface area (Å²) in [7, 11) is 0. The molecule has 1 aromatic rings. The van der Waals surface area contributed by atoms with Crippen LogP contribution in [0.1, 0.15) is 35.6 Å². The van der Waals surface area contributed by atoms with Gasteiger partial charge >= 0.3 is 0 Å². The van der Waals surface area contributed by atoms with Crippen LogP contribution in [0.3, 0.4) is 0 Å². The fourth-order valence-electron chi connectivity index (χ4n) is 2.80. The van der Waals surface area contributed by atoms with Gasteiger partial charge in [-0.25, -0.2) is 0 Å². The maximum Gasteiger partial charge on any atom is 0.242 e. The zero-order valence-corrected chi connectivity index (χ0v) is 13.1. The summed E-state index contributed by atoms with van der Waals surface area (Å²) in [4.78, 5) is 14.7. The van der Waals surface area contributed by atoms with Gasteiger partial charge in [0.05, 0.1) is 0 Å². The Morgan fingerprint density at radius 2 is 1.95 bits per heavy atom. The number of nitrogens with one attached hydrogen (secondary N) is 1. The normalized spacial score (nSPS) is 13.3. The Hall–Kier alpha value is -2.04. The fourth-order valence-corrected chi connectivity index (χ4v) is 2.80. The molecule has 0 heterocycles. The maximum absolute atomic E-state index is 12.0. The molecular formula is C15H23N5O. The average molecular weight is 289 g/mol. The lowest BCUT2D eigenvalue weighted by Crippen LogP contribution is -2.51. The maximum atomic E-state index is 12.0. The summed E-state index contributed by atoms with van der Waals surface area (Å²) in [6.07, 6.45) is 0.650. The van der Waals surface area contributed by atoms with E-state index in [-0.39, 0.29) is 0 Å². The molecule has 0 fully saturated rings. The highest BCUT2D eigenvalue weighted by Crippen LogP contribution is 2.28. The molecule has 21 heavy (non-hydrogen) atoms. The highest BCUT2D eigenvalue weighted by molar-refractivity contribution is 5.86. The summed E-state index contributed by atoms with van der Waals surface area (Å²) in [6.45, 7) is 8.73. The first-order valence-electron chi connectivity index (χ1n) is 6.97. The molecule has 6 nitrogen and oxygen atoms in total. The van der Waals surface area contributed by atoms with Crippen LogP contribution in [0.15, 0.2) is 17.2 Å². The lowest BCUT2D eigenvalue weighted by atomic mass is 9.83. The number of hydrogen-bond acceptors (Lipinski definition) is 3. The molecule has 0 saturated heterocycles. The summed E-state index contributed by atoms with van der Waals surface area (Å²) in [5.74, 6) is -0.415. The average Bonchev–Trinajstić information content (AvgIpc) is 2.36. The molecule has 1 aromatic carbocycles. The molecule has 0 radical (unpaired) electrons. The van der Waals surface area contributed by atoms with Gasteiger partial charge in [0.15, 0.2) is 0 Å². The lowest BCUT2D eigenvalue weighted by molar-refractivity contribution is -0.124. The van der Waals surface area contributed by atoms with E-state index in [9.17, 15) is 4.79 Å². The predicted molar refractivity (Wildman–Crippen MR) is 83.8 cm³/mol. The van der Waals surface area contributed by atoms with Crippen LogP contribution in [0.2, 0.25) is 0 Å². The molecular weight excluding hydrogens is 266 g/mol. The minimum Gasteiger partial charge on any atom is -0.368 e. The highest BCUT2D eigenvalue weighted by Gasteiger charge is 2.35. The number of carbonyl (C=O) groups is 1. The van der Waals surface area contributed by atoms with Gasteiger partial charge in [0.2, 0.25) is 5.91 Å². The first-order valence-corrected chi connectivity index (χ1v) is 6.97. The third-order valence-electron chi connectivity index (χ3n) is 3.65. The fraction of sp³-hybridized carbons (Fsp3) is 0.533. The number of primary amides is 1. The Bertz CT molecular complexity index is 554. The molecule has 3 N–H and O–H groups in total. The molecule has 1 atom stereocenters. The van der Waals surface area contributed by atoms with Crippen LogP contribution in [0.5, 0.6) is 0 Å². The Morgan fingerprint density at radius 1 is 1.38 bits per heavy atom. The van der Waals surface area contributed by atoms with E-state index in [1.807, 2.05) is 32.9 Å². The number of azide groups is 1. The summed E-state index contributed by atoms with van der Waals surface area (Å²) in [6, 6.07) is 4.09. The van der Waals surface area contributed by atoms with Crippen molar-refractivity contribution in [2.45, 2.75) is 39.7 Å². The number of benzene rings is 1. The van der Waals surface area contributed by atoms with Gasteiger partial charge in [0, 0.05) is 11.5 Å². The number of amides is 1. The van der Waals surface area contributed by atoms with Gasteiger partial charge in [-0.15, -0.1) is 0 Å². The van der Waals surface area contributed by atoms with E-state index in [2.05, 4.69) is 15.3 Å². The van der Waals surface area contributed by atoms with Crippen molar-refractivity contribution in [3.8, 4) is 0 Å². The molecule has 0 aliphatic heterocycles. The Balaban J connectivity index is 3.05. The molecule has 0 saturated carbocycles. The SMILES string of the molecule is Cc1cc(C)c(C(C)(NCCCN=[N+]=[N-])C(N)=O)c(C)c1. The molecule has 0 aromatic heterocycles. The molecule has 0 bridgehead atoms. The number of carbonyl (C=O) groups excluding carboxylic acids is 1. The first-order chi connectivity index (χ1) is 9.82. The van der Waals surface area contributed by atoms with Crippen LogP contribution in [-0.4, -0.2) is 19.0 Å². The van der Waals surface area contributed by atoms with E-state index in [4.69, 9.17) is 11.3 Å². The van der Waals surface area contributed by atoms with E-state index >= 15 is 0 Å². The van der Waals surface area contributed by atoms with Crippen molar-refractivity contribution in [2.24, 2.45) is 10.8 Å². The summed E-state index contributed by atoms with van der Waals surface area (Å²) in [5, 5.41) is 6.69. The van der Waals surface area contributed by atoms with Gasteiger partial charge in [-0.3, -0.25) is 10.1 Å². The number of rotatable bonds is 7. The van der Waals surface area contributed by atoms with E-state index in [0.717, 1.165) is 22.3 Å². The number of aryl methyl sites for hydroxylation is 3. The van der Waals surface area contributed by atoms with Crippen molar-refractivity contribution in [1.29, 1.82) is 0 Å². The monoisotopic (exact) mass is 289 g/mol. The molecule has 114 valence electrons. The van der Waals surface area contributed by atoms with Crippen molar-refractivity contribution < 1.29 is 4.79 Å². The van der Waals surface area contributed by atoms with Gasteiger partial charge < -0.3 is 5.73 Å². The third kappa shape index (κ3) is 3.97. The van der Waals surface area contributed by atoms with Crippen LogP contribution < -0.4 is 11.1 Å². The van der Waals surface area contributed by atoms with Crippen LogP contribution in [0, 0.1) is 20.8 Å². The largest absolute Gasteiger partial charge is 0.368 e. The molecule has 0 aliphatic rings. The first kappa shape index (κ1) is 17.0. The summed E-state index contributed by atoms with van der Waals surface area (Å²) >= 11 is 0. The molecule has 6 heteroatoms. The smallest absolute Gasteiger partial charge is 0.242 e. The third-order valence-corrected chi connectivity index (χ3v) is 3.65. The second-order valence-corrected chi connectivity index (χ2v) is 5.50. The van der Waals surface area contributed by atoms with E-state index < -0.39 is 11.4 Å². The molecule has 0 spiro atoms. The van der Waals surface area contributed by atoms with Gasteiger partial charge in [-0.2, -0.15) is 0 Å². The van der Waals surface area contributed by atoms with Crippen molar-refractivity contribution in [3.63, 3.8) is 0 Å². The predicted octanol–water partition coefficient (Wildman–Crippen LogP) is 2.60. The van der Waals surface area contributed by atoms with Crippen LogP contribution in [0.4, 0.5) is 0 Å². The van der Waals surface area contributed by atoms with Crippen molar-refractivity contribution in [2.75, 3.05) is 13.1 Å². The van der Waals surface area contributed by atoms with Gasteiger partial charge in [0.25, 0.3) is 0 Å². The van der Waals surface area contributed by atoms with Gasteiger partial charge in [-0.05, 0) is 62.9 Å². The number of hydrogen-bond donors (Lipinski definition) is 2. The van der Waals surface area contributed by atoms with Crippen molar-refractivity contribution in [1.82, 2.24) is 5.32 Å². The Morgan fingerprint density at radius 3 is 2.43 bits per heavy atom. The zero-order chi connectivity index (χ0) is 16.0. The van der Waals surface area contributed by atoms with E-state index in [1.165, 1.54) is 0 Å². The quantitative estimate of drug-likeness (QED) is 0.348. The summed E-state index contributed by atoms with van der Waals surface area (Å²) in [5.41, 5.74) is 17.1. The molecule has 1 amide bonds. The van der Waals surface area contributed by atoms with E-state index in [0.29, 0.717) is 19.5 Å². The minimum absolute atomic E-state index is 0.393. The molecule has 1 unspecified atom stereocenters. The number of nitrogens with two attached hydrogens (primary N) is 1. The molecule has 0 aliphatic carbocycles. The van der Waals surface area contributed by atoms with Crippen molar-refractivity contribution >= 4 is 5.91 Å². The van der Waals surface area contributed by atoms with E-state index in [1.54, 1.807) is 6.92 Å². The minimum atomic E-state index is -0.932. The van der Waals surface area contributed by atoms with Gasteiger partial charge in [-0.1, -0.05) is 22.8 Å². The topological polar surface area (TPSA) is 104 Å². The zero-order valence-electron chi connectivity index (χ0n) is 13.1. The summed E-state index contributed by atoms with van der Waals surface area (Å²) < 4.78 is 0. The van der Waals surface area contributed by atoms with Crippen LogP contribution >= 0.6 is 0 Å².